The zero-order chi connectivity index (χ0) is 17.5. The van der Waals surface area contributed by atoms with Gasteiger partial charge in [0.25, 0.3) is 0 Å². The van der Waals surface area contributed by atoms with E-state index in [-0.39, 0.29) is 18.8 Å². The summed E-state index contributed by atoms with van der Waals surface area (Å²) in [5, 5.41) is 22.6. The zero-order valence-corrected chi connectivity index (χ0v) is 14.8. The van der Waals surface area contributed by atoms with Crippen LogP contribution in [0.1, 0.15) is 38.5 Å². The normalized spacial score (nSPS) is 21.7. The molecule has 0 saturated carbocycles. The van der Waals surface area contributed by atoms with Crippen molar-refractivity contribution in [2.24, 2.45) is 0 Å². The number of hydrogen-bond acceptors (Lipinski definition) is 5. The van der Waals surface area contributed by atoms with Gasteiger partial charge in [-0.1, -0.05) is 12.8 Å². The topological polar surface area (TPSA) is 84.4 Å². The number of anilines is 1. The van der Waals surface area contributed by atoms with Crippen molar-refractivity contribution in [3.8, 4) is 0 Å². The number of aliphatic hydroxyl groups excluding tert-OH is 2. The number of nitrogens with zero attached hydrogens (tertiary/aromatic N) is 2. The molecule has 2 aromatic rings. The molecule has 0 spiro atoms. The van der Waals surface area contributed by atoms with Gasteiger partial charge >= 0.3 is 0 Å². The van der Waals surface area contributed by atoms with Crippen LogP contribution in [-0.4, -0.2) is 63.5 Å². The van der Waals surface area contributed by atoms with Gasteiger partial charge in [-0.3, -0.25) is 4.90 Å². The third-order valence-electron chi connectivity index (χ3n) is 5.14. The van der Waals surface area contributed by atoms with Gasteiger partial charge in [0.15, 0.2) is 0 Å². The summed E-state index contributed by atoms with van der Waals surface area (Å²) in [6.45, 7) is 3.07. The Bertz CT molecular complexity index is 645. The van der Waals surface area contributed by atoms with E-state index in [1.54, 1.807) is 6.33 Å². The van der Waals surface area contributed by atoms with Gasteiger partial charge in [-0.15, -0.1) is 0 Å². The maximum absolute atomic E-state index is 9.69. The zero-order valence-electron chi connectivity index (χ0n) is 14.8. The molecule has 1 aliphatic heterocycles. The lowest BCUT2D eigenvalue weighted by Crippen LogP contribution is -2.46. The first-order valence-corrected chi connectivity index (χ1v) is 9.46. The fourth-order valence-corrected chi connectivity index (χ4v) is 3.63. The van der Waals surface area contributed by atoms with Gasteiger partial charge in [-0.05, 0) is 50.4 Å². The molecule has 0 amide bonds. The van der Waals surface area contributed by atoms with Crippen molar-refractivity contribution in [3.63, 3.8) is 0 Å². The van der Waals surface area contributed by atoms with E-state index in [9.17, 15) is 10.2 Å². The van der Waals surface area contributed by atoms with Crippen molar-refractivity contribution >= 4 is 16.7 Å². The molecule has 2 heterocycles. The molecule has 0 bridgehead atoms. The Morgan fingerprint density at radius 1 is 1.24 bits per heavy atom. The van der Waals surface area contributed by atoms with Gasteiger partial charge in [-0.2, -0.15) is 0 Å². The second-order valence-electron chi connectivity index (χ2n) is 7.03. The monoisotopic (exact) mass is 346 g/mol. The molecular weight excluding hydrogens is 316 g/mol. The summed E-state index contributed by atoms with van der Waals surface area (Å²) in [4.78, 5) is 9.70. The van der Waals surface area contributed by atoms with E-state index in [1.165, 1.54) is 12.8 Å². The summed E-state index contributed by atoms with van der Waals surface area (Å²) in [5.74, 6) is 0. The number of H-pyrrole nitrogens is 1. The summed E-state index contributed by atoms with van der Waals surface area (Å²) in [5.41, 5.74) is 3.20. The standard InChI is InChI=1S/C19H30N4O2/c24-13-16-12-17(25)7-10-23(16)9-4-2-1-3-8-20-15-5-6-18-19(11-15)22-14-21-18/h5-6,11,14,16-17,20,24-25H,1-4,7-10,12-13H2,(H,21,22). The minimum atomic E-state index is -0.236. The largest absolute Gasteiger partial charge is 0.395 e. The maximum atomic E-state index is 9.69. The number of nitrogens with one attached hydrogen (secondary N) is 2. The lowest BCUT2D eigenvalue weighted by Gasteiger charge is -2.36. The first kappa shape index (κ1) is 18.2. The van der Waals surface area contributed by atoms with E-state index in [0.717, 1.165) is 55.6 Å². The van der Waals surface area contributed by atoms with E-state index in [1.807, 2.05) is 6.07 Å². The fourth-order valence-electron chi connectivity index (χ4n) is 3.63. The summed E-state index contributed by atoms with van der Waals surface area (Å²) in [6, 6.07) is 6.34. The van der Waals surface area contributed by atoms with Gasteiger partial charge in [-0.25, -0.2) is 4.98 Å². The molecule has 2 atom stereocenters. The van der Waals surface area contributed by atoms with Crippen LogP contribution in [-0.2, 0) is 0 Å². The van der Waals surface area contributed by atoms with Gasteiger partial charge in [0.2, 0.25) is 0 Å². The molecule has 0 aliphatic carbocycles. The Kier molecular flexibility index (Phi) is 6.67. The van der Waals surface area contributed by atoms with E-state index < -0.39 is 0 Å². The van der Waals surface area contributed by atoms with Gasteiger partial charge in [0.1, 0.15) is 0 Å². The highest BCUT2D eigenvalue weighted by Crippen LogP contribution is 2.18. The van der Waals surface area contributed by atoms with Crippen LogP contribution in [0.4, 0.5) is 5.69 Å². The molecule has 4 N–H and O–H groups in total. The number of fused-ring (bicyclic) bond motifs is 1. The Labute approximate surface area is 149 Å². The lowest BCUT2D eigenvalue weighted by atomic mass is 9.99. The number of benzene rings is 1. The summed E-state index contributed by atoms with van der Waals surface area (Å²) in [6.07, 6.45) is 7.76. The van der Waals surface area contributed by atoms with Crippen LogP contribution in [0, 0.1) is 0 Å². The number of piperidine rings is 1. The number of unbranched alkanes of at least 4 members (excludes halogenated alkanes) is 3. The first-order chi connectivity index (χ1) is 12.3. The SMILES string of the molecule is OCC1CC(O)CCN1CCCCCCNc1ccc2nc[nH]c2c1. The highest BCUT2D eigenvalue weighted by Gasteiger charge is 2.25. The van der Waals surface area contributed by atoms with Gasteiger partial charge in [0, 0.05) is 24.8 Å². The van der Waals surface area contributed by atoms with Crippen LogP contribution < -0.4 is 5.32 Å². The van der Waals surface area contributed by atoms with Crippen LogP contribution in [0.25, 0.3) is 11.0 Å². The second kappa shape index (κ2) is 9.17. The van der Waals surface area contributed by atoms with Crippen molar-refractivity contribution in [3.05, 3.63) is 24.5 Å². The van der Waals surface area contributed by atoms with Crippen LogP contribution in [0.15, 0.2) is 24.5 Å². The number of imidazole rings is 1. The fraction of sp³-hybridized carbons (Fsp3) is 0.632. The summed E-state index contributed by atoms with van der Waals surface area (Å²) in [7, 11) is 0. The first-order valence-electron chi connectivity index (χ1n) is 9.46. The Hall–Kier alpha value is -1.63. The Balaban J connectivity index is 1.27. The predicted octanol–water partition coefficient (Wildman–Crippen LogP) is 2.35. The molecule has 0 radical (unpaired) electrons. The second-order valence-corrected chi connectivity index (χ2v) is 7.03. The van der Waals surface area contributed by atoms with Crippen LogP contribution in [0.3, 0.4) is 0 Å². The van der Waals surface area contributed by atoms with E-state index in [4.69, 9.17) is 0 Å². The molecule has 6 nitrogen and oxygen atoms in total. The van der Waals surface area contributed by atoms with Crippen molar-refractivity contribution in [2.45, 2.75) is 50.7 Å². The van der Waals surface area contributed by atoms with Crippen molar-refractivity contribution in [1.82, 2.24) is 14.9 Å². The molecule has 2 unspecified atom stereocenters. The molecule has 1 aromatic heterocycles. The molecule has 138 valence electrons. The minimum Gasteiger partial charge on any atom is -0.395 e. The molecule has 3 rings (SSSR count). The third-order valence-corrected chi connectivity index (χ3v) is 5.14. The number of aromatic amines is 1. The Morgan fingerprint density at radius 2 is 2.12 bits per heavy atom. The van der Waals surface area contributed by atoms with Crippen LogP contribution in [0.2, 0.25) is 0 Å². The van der Waals surface area contributed by atoms with E-state index in [0.29, 0.717) is 6.42 Å². The molecular formula is C19H30N4O2. The Morgan fingerprint density at radius 3 is 3.00 bits per heavy atom. The van der Waals surface area contributed by atoms with Crippen LogP contribution in [0.5, 0.6) is 0 Å². The van der Waals surface area contributed by atoms with Crippen molar-refractivity contribution < 1.29 is 10.2 Å². The highest BCUT2D eigenvalue weighted by atomic mass is 16.3. The summed E-state index contributed by atoms with van der Waals surface area (Å²) >= 11 is 0. The molecule has 1 aromatic carbocycles. The minimum absolute atomic E-state index is 0.141. The third kappa shape index (κ3) is 5.17. The van der Waals surface area contributed by atoms with Crippen molar-refractivity contribution in [2.75, 3.05) is 31.6 Å². The average molecular weight is 346 g/mol. The number of likely N-dealkylation sites (tertiary alicyclic amines) is 1. The molecule has 6 heteroatoms. The quantitative estimate of drug-likeness (QED) is 0.524. The highest BCUT2D eigenvalue weighted by molar-refractivity contribution is 5.78. The lowest BCUT2D eigenvalue weighted by molar-refractivity contribution is 0.0163. The van der Waals surface area contributed by atoms with Crippen molar-refractivity contribution in [1.29, 1.82) is 0 Å². The van der Waals surface area contributed by atoms with Gasteiger partial charge in [0.05, 0.1) is 30.1 Å². The molecule has 1 fully saturated rings. The number of hydrogen-bond donors (Lipinski definition) is 4. The molecule has 1 aliphatic rings. The molecule has 1 saturated heterocycles. The summed E-state index contributed by atoms with van der Waals surface area (Å²) < 4.78 is 0. The predicted molar refractivity (Wildman–Crippen MR) is 101 cm³/mol. The molecule has 25 heavy (non-hydrogen) atoms. The average Bonchev–Trinajstić information content (AvgIpc) is 3.09. The number of aromatic nitrogens is 2. The number of aliphatic hydroxyl groups is 2. The van der Waals surface area contributed by atoms with Gasteiger partial charge < -0.3 is 20.5 Å². The maximum Gasteiger partial charge on any atom is 0.0931 e. The van der Waals surface area contributed by atoms with E-state index >= 15 is 0 Å². The van der Waals surface area contributed by atoms with Crippen LogP contribution >= 0.6 is 0 Å². The smallest absolute Gasteiger partial charge is 0.0931 e. The number of rotatable bonds is 9. The van der Waals surface area contributed by atoms with E-state index in [2.05, 4.69) is 32.3 Å².